The van der Waals surface area contributed by atoms with E-state index in [1.807, 2.05) is 48.1 Å². The number of nitrogens with one attached hydrogen (secondary N) is 1. The molecule has 3 heterocycles. The van der Waals surface area contributed by atoms with Gasteiger partial charge in [0.15, 0.2) is 17.3 Å². The molecular formula is C23H20FN5O2. The maximum atomic E-state index is 13.8. The van der Waals surface area contributed by atoms with Crippen molar-refractivity contribution in [3.8, 4) is 34.1 Å². The molecule has 2 aromatic heterocycles. The fraction of sp³-hybridized carbons (Fsp3) is 0.174. The number of anilines is 1. The maximum Gasteiger partial charge on any atom is 0.223 e. The molecule has 5 rings (SSSR count). The van der Waals surface area contributed by atoms with E-state index < -0.39 is 0 Å². The Labute approximate surface area is 178 Å². The highest BCUT2D eigenvalue weighted by molar-refractivity contribution is 5.78. The molecule has 156 valence electrons. The van der Waals surface area contributed by atoms with E-state index in [-0.39, 0.29) is 11.9 Å². The maximum absolute atomic E-state index is 13.8. The van der Waals surface area contributed by atoms with Crippen molar-refractivity contribution in [2.75, 3.05) is 18.5 Å². The van der Waals surface area contributed by atoms with E-state index in [0.717, 1.165) is 11.5 Å². The number of nitrogens with zero attached hydrogens (tertiary/aromatic N) is 4. The van der Waals surface area contributed by atoms with Gasteiger partial charge in [0.2, 0.25) is 5.95 Å². The molecule has 7 nitrogen and oxygen atoms in total. The molecule has 0 bridgehead atoms. The summed E-state index contributed by atoms with van der Waals surface area (Å²) in [5.74, 6) is 2.24. The zero-order chi connectivity index (χ0) is 21.2. The van der Waals surface area contributed by atoms with E-state index in [2.05, 4.69) is 20.3 Å². The Balaban J connectivity index is 1.41. The lowest BCUT2D eigenvalue weighted by Gasteiger charge is -2.26. The van der Waals surface area contributed by atoms with E-state index in [1.165, 1.54) is 12.1 Å². The van der Waals surface area contributed by atoms with Gasteiger partial charge in [-0.15, -0.1) is 0 Å². The summed E-state index contributed by atoms with van der Waals surface area (Å²) in [7, 11) is 1.89. The number of fused-ring (bicyclic) bond motifs is 1. The summed E-state index contributed by atoms with van der Waals surface area (Å²) >= 11 is 0. The van der Waals surface area contributed by atoms with E-state index in [0.29, 0.717) is 41.7 Å². The number of hydrogen-bond donors (Lipinski definition) is 1. The number of para-hydroxylation sites is 2. The summed E-state index contributed by atoms with van der Waals surface area (Å²) in [6.45, 7) is 0.894. The van der Waals surface area contributed by atoms with Gasteiger partial charge >= 0.3 is 0 Å². The first-order chi connectivity index (χ1) is 15.2. The molecule has 0 spiro atoms. The second kappa shape index (κ2) is 8.06. The summed E-state index contributed by atoms with van der Waals surface area (Å²) in [6.07, 6.45) is 5.04. The monoisotopic (exact) mass is 417 g/mol. The average Bonchev–Trinajstić information content (AvgIpc) is 3.23. The molecule has 1 N–H and O–H groups in total. The zero-order valence-corrected chi connectivity index (χ0v) is 16.8. The van der Waals surface area contributed by atoms with Crippen LogP contribution >= 0.6 is 0 Å². The minimum absolute atomic E-state index is 0.182. The lowest BCUT2D eigenvalue weighted by molar-refractivity contribution is 0.0996. The van der Waals surface area contributed by atoms with Crippen molar-refractivity contribution in [3.05, 3.63) is 72.9 Å². The number of halogens is 1. The molecule has 31 heavy (non-hydrogen) atoms. The summed E-state index contributed by atoms with van der Waals surface area (Å²) in [5, 5.41) is 3.22. The zero-order valence-electron chi connectivity index (χ0n) is 16.8. The SMILES string of the molecule is Cn1ccnc1-c1nc(NC[C@@H]2COc3ccccc3O2)ncc1-c1cccc(F)c1. The average molecular weight is 417 g/mol. The molecule has 8 heteroatoms. The van der Waals surface area contributed by atoms with Crippen molar-refractivity contribution >= 4 is 5.95 Å². The lowest BCUT2D eigenvalue weighted by Crippen LogP contribution is -2.35. The Bertz CT molecular complexity index is 1230. The number of benzene rings is 2. The first-order valence-electron chi connectivity index (χ1n) is 9.90. The number of rotatable bonds is 5. The predicted molar refractivity (Wildman–Crippen MR) is 114 cm³/mol. The summed E-state index contributed by atoms with van der Waals surface area (Å²) in [6, 6.07) is 13.9. The normalized spacial score (nSPS) is 15.0. The molecule has 0 amide bonds. The molecule has 0 fully saturated rings. The van der Waals surface area contributed by atoms with Gasteiger partial charge in [0.1, 0.15) is 24.2 Å². The first kappa shape index (κ1) is 19.0. The van der Waals surface area contributed by atoms with Gasteiger partial charge in [-0.05, 0) is 29.8 Å². The Morgan fingerprint density at radius 2 is 2.00 bits per heavy atom. The van der Waals surface area contributed by atoms with Gasteiger partial charge < -0.3 is 19.4 Å². The molecule has 0 unspecified atom stereocenters. The quantitative estimate of drug-likeness (QED) is 0.530. The molecule has 2 aromatic carbocycles. The fourth-order valence-corrected chi connectivity index (χ4v) is 3.47. The number of ether oxygens (including phenoxy) is 2. The molecule has 1 aliphatic heterocycles. The smallest absolute Gasteiger partial charge is 0.223 e. The number of hydrogen-bond acceptors (Lipinski definition) is 6. The van der Waals surface area contributed by atoms with Crippen molar-refractivity contribution in [3.63, 3.8) is 0 Å². The number of aromatic nitrogens is 4. The Kier molecular flexibility index (Phi) is 4.95. The highest BCUT2D eigenvalue weighted by Gasteiger charge is 2.21. The van der Waals surface area contributed by atoms with Crippen molar-refractivity contribution in [2.45, 2.75) is 6.10 Å². The van der Waals surface area contributed by atoms with Gasteiger partial charge in [-0.1, -0.05) is 24.3 Å². The van der Waals surface area contributed by atoms with Gasteiger partial charge in [-0.25, -0.2) is 19.3 Å². The van der Waals surface area contributed by atoms with E-state index >= 15 is 0 Å². The molecule has 1 atom stereocenters. The van der Waals surface area contributed by atoms with Crippen LogP contribution in [0.4, 0.5) is 10.3 Å². The molecule has 1 aliphatic rings. The lowest BCUT2D eigenvalue weighted by atomic mass is 10.1. The molecule has 0 saturated heterocycles. The van der Waals surface area contributed by atoms with Crippen LogP contribution in [0, 0.1) is 5.82 Å². The van der Waals surface area contributed by atoms with Crippen LogP contribution in [-0.2, 0) is 7.05 Å². The van der Waals surface area contributed by atoms with E-state index in [4.69, 9.17) is 9.47 Å². The molecule has 4 aromatic rings. The van der Waals surface area contributed by atoms with Crippen LogP contribution in [0.1, 0.15) is 0 Å². The summed E-state index contributed by atoms with van der Waals surface area (Å²) in [5.41, 5.74) is 2.00. The molecule has 0 radical (unpaired) electrons. The van der Waals surface area contributed by atoms with Crippen LogP contribution in [0.2, 0.25) is 0 Å². The largest absolute Gasteiger partial charge is 0.486 e. The second-order valence-electron chi connectivity index (χ2n) is 7.21. The third kappa shape index (κ3) is 3.92. The molecule has 0 aliphatic carbocycles. The highest BCUT2D eigenvalue weighted by atomic mass is 19.1. The molecular weight excluding hydrogens is 397 g/mol. The Morgan fingerprint density at radius 1 is 1.13 bits per heavy atom. The third-order valence-corrected chi connectivity index (χ3v) is 5.01. The van der Waals surface area contributed by atoms with Crippen molar-refractivity contribution in [1.82, 2.24) is 19.5 Å². The van der Waals surface area contributed by atoms with Gasteiger partial charge in [-0.3, -0.25) is 0 Å². The van der Waals surface area contributed by atoms with Crippen LogP contribution in [0.15, 0.2) is 67.1 Å². The fourth-order valence-electron chi connectivity index (χ4n) is 3.47. The Morgan fingerprint density at radius 3 is 2.81 bits per heavy atom. The van der Waals surface area contributed by atoms with Gasteiger partial charge in [0, 0.05) is 31.2 Å². The Hall–Kier alpha value is -3.94. The standard InChI is InChI=1S/C23H20FN5O2/c1-29-10-9-25-22(29)21-18(15-5-4-6-16(24)11-15)13-27-23(28-21)26-12-17-14-30-19-7-2-3-8-20(19)31-17/h2-11,13,17H,12,14H2,1H3,(H,26,27,28)/t17-/m1/s1. The van der Waals surface area contributed by atoms with Gasteiger partial charge in [-0.2, -0.15) is 0 Å². The number of imidazole rings is 1. The van der Waals surface area contributed by atoms with Crippen molar-refractivity contribution in [1.29, 1.82) is 0 Å². The highest BCUT2D eigenvalue weighted by Crippen LogP contribution is 2.32. The van der Waals surface area contributed by atoms with Crippen LogP contribution in [0.3, 0.4) is 0 Å². The minimum Gasteiger partial charge on any atom is -0.486 e. The van der Waals surface area contributed by atoms with Crippen LogP contribution in [0.5, 0.6) is 11.5 Å². The van der Waals surface area contributed by atoms with Crippen molar-refractivity contribution < 1.29 is 13.9 Å². The first-order valence-corrected chi connectivity index (χ1v) is 9.90. The third-order valence-electron chi connectivity index (χ3n) is 5.01. The predicted octanol–water partition coefficient (Wildman–Crippen LogP) is 3.94. The van der Waals surface area contributed by atoms with Crippen LogP contribution in [-0.4, -0.2) is 38.8 Å². The summed E-state index contributed by atoms with van der Waals surface area (Å²) < 4.78 is 27.4. The van der Waals surface area contributed by atoms with E-state index in [9.17, 15) is 4.39 Å². The van der Waals surface area contributed by atoms with Crippen LogP contribution in [0.25, 0.3) is 22.6 Å². The second-order valence-corrected chi connectivity index (χ2v) is 7.21. The number of aryl methyl sites for hydroxylation is 1. The van der Waals surface area contributed by atoms with Gasteiger partial charge in [0.25, 0.3) is 0 Å². The topological polar surface area (TPSA) is 74.1 Å². The minimum atomic E-state index is -0.319. The van der Waals surface area contributed by atoms with Gasteiger partial charge in [0.05, 0.1) is 6.54 Å². The van der Waals surface area contributed by atoms with E-state index in [1.54, 1.807) is 18.5 Å². The summed E-state index contributed by atoms with van der Waals surface area (Å²) in [4.78, 5) is 13.5. The van der Waals surface area contributed by atoms with Crippen LogP contribution < -0.4 is 14.8 Å². The molecule has 0 saturated carbocycles. The van der Waals surface area contributed by atoms with Crippen molar-refractivity contribution in [2.24, 2.45) is 7.05 Å².